The van der Waals surface area contributed by atoms with Crippen LogP contribution in [0.15, 0.2) is 12.5 Å². The Bertz CT molecular complexity index is 390. The van der Waals surface area contributed by atoms with Gasteiger partial charge in [0.05, 0.1) is 12.7 Å². The molecule has 0 saturated carbocycles. The first-order valence-corrected chi connectivity index (χ1v) is 5.51. The molecule has 19 heavy (non-hydrogen) atoms. The van der Waals surface area contributed by atoms with E-state index in [0.717, 1.165) is 5.69 Å². The number of aryl methyl sites for hydroxylation is 1. The van der Waals surface area contributed by atoms with Crippen molar-refractivity contribution in [2.24, 2.45) is 0 Å². The number of hydrogen-bond acceptors (Lipinski definition) is 5. The topological polar surface area (TPSA) is 141 Å². The van der Waals surface area contributed by atoms with Crippen LogP contribution in [0.5, 0.6) is 0 Å². The molecule has 1 rings (SSSR count). The third kappa shape index (κ3) is 9.48. The van der Waals surface area contributed by atoms with E-state index in [0.29, 0.717) is 12.7 Å². The van der Waals surface area contributed by atoms with Crippen LogP contribution in [-0.4, -0.2) is 49.6 Å². The first-order valence-electron chi connectivity index (χ1n) is 5.51. The van der Waals surface area contributed by atoms with Crippen LogP contribution in [0.4, 0.5) is 0 Å². The molecule has 1 aromatic rings. The van der Waals surface area contributed by atoms with Crippen LogP contribution in [0.1, 0.15) is 25.0 Å². The molecule has 0 aliphatic rings. The zero-order valence-corrected chi connectivity index (χ0v) is 10.2. The van der Waals surface area contributed by atoms with Gasteiger partial charge in [0, 0.05) is 18.3 Å². The fourth-order valence-corrected chi connectivity index (χ4v) is 1.01. The van der Waals surface area contributed by atoms with Gasteiger partial charge in [-0.15, -0.1) is 0 Å². The fourth-order valence-electron chi connectivity index (χ4n) is 1.01. The van der Waals surface area contributed by atoms with E-state index in [1.165, 1.54) is 6.33 Å². The number of carboxylic acid groups (broad SMARTS) is 2. The van der Waals surface area contributed by atoms with Crippen LogP contribution in [-0.2, 0) is 20.8 Å². The number of aliphatic carboxylic acids is 2. The lowest BCUT2D eigenvalue weighted by molar-refractivity contribution is -0.147. The minimum Gasteiger partial charge on any atom is -0.481 e. The zero-order chi connectivity index (χ0) is 14.7. The lowest BCUT2D eigenvalue weighted by Crippen LogP contribution is -2.18. The SMILES string of the molecule is O=C(O)CCc1cnc[nH]1.O=CCCC(O)C(=O)O. The van der Waals surface area contributed by atoms with Gasteiger partial charge >= 0.3 is 11.9 Å². The molecule has 0 aliphatic heterocycles. The number of aliphatic hydroxyl groups excluding tert-OH is 1. The molecule has 8 heteroatoms. The van der Waals surface area contributed by atoms with Crippen LogP contribution < -0.4 is 0 Å². The number of aromatic amines is 1. The lowest BCUT2D eigenvalue weighted by atomic mass is 10.2. The molecule has 0 fully saturated rings. The molecule has 4 N–H and O–H groups in total. The summed E-state index contributed by atoms with van der Waals surface area (Å²) in [5.74, 6) is -2.06. The first-order chi connectivity index (χ1) is 8.97. The van der Waals surface area contributed by atoms with Crippen molar-refractivity contribution in [3.05, 3.63) is 18.2 Å². The number of hydrogen-bond donors (Lipinski definition) is 4. The zero-order valence-electron chi connectivity index (χ0n) is 10.2. The Hall–Kier alpha value is -2.22. The number of rotatable bonds is 7. The number of carbonyl (C=O) groups excluding carboxylic acids is 1. The van der Waals surface area contributed by atoms with Crippen molar-refractivity contribution in [1.29, 1.82) is 0 Å². The van der Waals surface area contributed by atoms with Crippen LogP contribution in [0.3, 0.4) is 0 Å². The Morgan fingerprint density at radius 3 is 2.53 bits per heavy atom. The number of carboxylic acids is 2. The standard InChI is InChI=1S/C6H8N2O2.C5H8O4/c9-6(10)2-1-5-3-7-4-8-5;6-3-1-2-4(7)5(8)9/h3-4H,1-2H2,(H,7,8)(H,9,10);3-4,7H,1-2H2,(H,8,9). The largest absolute Gasteiger partial charge is 0.481 e. The summed E-state index contributed by atoms with van der Waals surface area (Å²) in [6.45, 7) is 0. The molecule has 1 aromatic heterocycles. The number of carbonyl (C=O) groups is 3. The van der Waals surface area contributed by atoms with Gasteiger partial charge in [-0.3, -0.25) is 4.79 Å². The summed E-state index contributed by atoms with van der Waals surface area (Å²) < 4.78 is 0. The average Bonchev–Trinajstić information content (AvgIpc) is 2.87. The maximum atomic E-state index is 10.1. The third-order valence-electron chi connectivity index (χ3n) is 2.01. The van der Waals surface area contributed by atoms with Crippen molar-refractivity contribution in [3.63, 3.8) is 0 Å². The molecule has 0 amide bonds. The molecule has 106 valence electrons. The summed E-state index contributed by atoms with van der Waals surface area (Å²) in [6.07, 6.45) is 3.12. The predicted molar refractivity (Wildman–Crippen MR) is 63.5 cm³/mol. The number of nitrogens with zero attached hydrogens (tertiary/aromatic N) is 1. The summed E-state index contributed by atoms with van der Waals surface area (Å²) >= 11 is 0. The lowest BCUT2D eigenvalue weighted by Gasteiger charge is -1.98. The van der Waals surface area contributed by atoms with Crippen molar-refractivity contribution < 1.29 is 29.7 Å². The van der Waals surface area contributed by atoms with E-state index in [2.05, 4.69) is 9.97 Å². The van der Waals surface area contributed by atoms with Crippen molar-refractivity contribution in [2.75, 3.05) is 0 Å². The highest BCUT2D eigenvalue weighted by Gasteiger charge is 2.10. The summed E-state index contributed by atoms with van der Waals surface area (Å²) in [7, 11) is 0. The van der Waals surface area contributed by atoms with Gasteiger partial charge in [-0.05, 0) is 12.8 Å². The van der Waals surface area contributed by atoms with Crippen LogP contribution >= 0.6 is 0 Å². The quantitative estimate of drug-likeness (QED) is 0.505. The highest BCUT2D eigenvalue weighted by atomic mass is 16.4. The van der Waals surface area contributed by atoms with E-state index < -0.39 is 18.0 Å². The van der Waals surface area contributed by atoms with E-state index in [-0.39, 0.29) is 19.3 Å². The fraction of sp³-hybridized carbons (Fsp3) is 0.455. The van der Waals surface area contributed by atoms with Gasteiger partial charge < -0.3 is 25.1 Å². The molecule has 0 saturated heterocycles. The van der Waals surface area contributed by atoms with Gasteiger partial charge in [0.15, 0.2) is 6.10 Å². The molecule has 1 unspecified atom stereocenters. The van der Waals surface area contributed by atoms with Gasteiger partial charge in [0.1, 0.15) is 6.29 Å². The first kappa shape index (κ1) is 16.8. The second kappa shape index (κ2) is 9.77. The molecule has 1 heterocycles. The van der Waals surface area contributed by atoms with Gasteiger partial charge in [-0.1, -0.05) is 0 Å². The number of aldehydes is 1. The van der Waals surface area contributed by atoms with E-state index in [4.69, 9.17) is 15.3 Å². The van der Waals surface area contributed by atoms with Gasteiger partial charge in [0.25, 0.3) is 0 Å². The van der Waals surface area contributed by atoms with Crippen molar-refractivity contribution >= 4 is 18.2 Å². The monoisotopic (exact) mass is 272 g/mol. The Kier molecular flexibility index (Phi) is 8.63. The van der Waals surface area contributed by atoms with E-state index >= 15 is 0 Å². The molecular weight excluding hydrogens is 256 g/mol. The van der Waals surface area contributed by atoms with E-state index in [1.54, 1.807) is 6.20 Å². The normalized spacial score (nSPS) is 11.0. The average molecular weight is 272 g/mol. The maximum Gasteiger partial charge on any atom is 0.332 e. The third-order valence-corrected chi connectivity index (χ3v) is 2.01. The van der Waals surface area contributed by atoms with Crippen LogP contribution in [0.2, 0.25) is 0 Å². The molecule has 0 aliphatic carbocycles. The molecule has 0 aromatic carbocycles. The van der Waals surface area contributed by atoms with Crippen LogP contribution in [0.25, 0.3) is 0 Å². The molecule has 0 radical (unpaired) electrons. The van der Waals surface area contributed by atoms with E-state index in [1.807, 2.05) is 0 Å². The Morgan fingerprint density at radius 2 is 2.11 bits per heavy atom. The highest BCUT2D eigenvalue weighted by Crippen LogP contribution is 1.95. The number of imidazole rings is 1. The number of nitrogens with one attached hydrogen (secondary N) is 1. The summed E-state index contributed by atoms with van der Waals surface area (Å²) in [5.41, 5.74) is 0.863. The van der Waals surface area contributed by atoms with Crippen molar-refractivity contribution in [3.8, 4) is 0 Å². The summed E-state index contributed by atoms with van der Waals surface area (Å²) in [4.78, 5) is 36.1. The predicted octanol–water partition coefficient (Wildman–Crippen LogP) is -0.162. The molecule has 1 atom stereocenters. The summed E-state index contributed by atoms with van der Waals surface area (Å²) in [6, 6.07) is 0. The van der Waals surface area contributed by atoms with E-state index in [9.17, 15) is 14.4 Å². The van der Waals surface area contributed by atoms with Crippen LogP contribution in [0, 0.1) is 0 Å². The number of aliphatic hydroxyl groups is 1. The highest BCUT2D eigenvalue weighted by molar-refractivity contribution is 5.72. The Balaban J connectivity index is 0.000000344. The molecule has 0 spiro atoms. The molecule has 0 bridgehead atoms. The van der Waals surface area contributed by atoms with Crippen molar-refractivity contribution in [2.45, 2.75) is 31.8 Å². The molecular formula is C11H16N2O6. The Morgan fingerprint density at radius 1 is 1.42 bits per heavy atom. The minimum atomic E-state index is -1.39. The smallest absolute Gasteiger partial charge is 0.332 e. The van der Waals surface area contributed by atoms with Crippen molar-refractivity contribution in [1.82, 2.24) is 9.97 Å². The molecule has 8 nitrogen and oxygen atoms in total. The van der Waals surface area contributed by atoms with Gasteiger partial charge in [0.2, 0.25) is 0 Å². The minimum absolute atomic E-state index is 0.00116. The summed E-state index contributed by atoms with van der Waals surface area (Å²) in [5, 5.41) is 24.8. The number of H-pyrrole nitrogens is 1. The Labute approximate surface area is 109 Å². The maximum absolute atomic E-state index is 10.1. The number of aromatic nitrogens is 2. The second-order valence-electron chi connectivity index (χ2n) is 3.57. The van der Waals surface area contributed by atoms with Gasteiger partial charge in [-0.2, -0.15) is 0 Å². The van der Waals surface area contributed by atoms with Gasteiger partial charge in [-0.25, -0.2) is 9.78 Å². The second-order valence-corrected chi connectivity index (χ2v) is 3.57.